The number of ether oxygens (including phenoxy) is 1. The zero-order chi connectivity index (χ0) is 13.7. The lowest BCUT2D eigenvalue weighted by Gasteiger charge is -2.36. The summed E-state index contributed by atoms with van der Waals surface area (Å²) in [6.45, 7) is 12.1. The van der Waals surface area contributed by atoms with Crippen LogP contribution in [0.1, 0.15) is 48.1 Å². The SMILES string of the molecule is CC(=O)C1(C)CCc2c(C)c(C)c(C)c(C)c2O1. The van der Waals surface area contributed by atoms with Crippen LogP contribution < -0.4 is 4.74 Å². The van der Waals surface area contributed by atoms with Gasteiger partial charge in [-0.25, -0.2) is 0 Å². The van der Waals surface area contributed by atoms with E-state index in [2.05, 4.69) is 27.7 Å². The molecule has 18 heavy (non-hydrogen) atoms. The maximum Gasteiger partial charge on any atom is 0.172 e. The molecular formula is C16H22O2. The van der Waals surface area contributed by atoms with Crippen LogP contribution in [-0.4, -0.2) is 11.4 Å². The summed E-state index contributed by atoms with van der Waals surface area (Å²) in [4.78, 5) is 11.8. The highest BCUT2D eigenvalue weighted by Crippen LogP contribution is 2.40. The number of carbonyl (C=O) groups is 1. The predicted molar refractivity (Wildman–Crippen MR) is 73.4 cm³/mol. The lowest BCUT2D eigenvalue weighted by Crippen LogP contribution is -2.43. The van der Waals surface area contributed by atoms with Gasteiger partial charge in [0, 0.05) is 0 Å². The molecule has 1 aromatic carbocycles. The summed E-state index contributed by atoms with van der Waals surface area (Å²) in [6, 6.07) is 0. The molecule has 0 N–H and O–H groups in total. The van der Waals surface area contributed by atoms with E-state index in [0.717, 1.165) is 18.6 Å². The summed E-state index contributed by atoms with van der Waals surface area (Å²) in [5.74, 6) is 1.06. The van der Waals surface area contributed by atoms with Crippen LogP contribution in [0.5, 0.6) is 5.75 Å². The number of benzene rings is 1. The second kappa shape index (κ2) is 4.11. The molecule has 0 spiro atoms. The quantitative estimate of drug-likeness (QED) is 0.757. The van der Waals surface area contributed by atoms with Crippen LogP contribution in [-0.2, 0) is 11.2 Å². The Morgan fingerprint density at radius 2 is 1.61 bits per heavy atom. The fourth-order valence-corrected chi connectivity index (χ4v) is 2.68. The van der Waals surface area contributed by atoms with Crippen molar-refractivity contribution in [2.24, 2.45) is 0 Å². The van der Waals surface area contributed by atoms with Crippen LogP contribution in [0, 0.1) is 27.7 Å². The first-order valence-electron chi connectivity index (χ1n) is 6.57. The van der Waals surface area contributed by atoms with Gasteiger partial charge in [-0.1, -0.05) is 0 Å². The standard InChI is InChI=1S/C16H22O2/c1-9-10(2)12(4)15-14(11(9)3)7-8-16(6,18-15)13(5)17/h7-8H2,1-6H3. The molecule has 0 fully saturated rings. The van der Waals surface area contributed by atoms with Gasteiger partial charge in [-0.3, -0.25) is 4.79 Å². The molecule has 0 aliphatic carbocycles. The normalized spacial score (nSPS) is 22.3. The summed E-state index contributed by atoms with van der Waals surface area (Å²) >= 11 is 0. The van der Waals surface area contributed by atoms with Gasteiger partial charge in [-0.05, 0) is 82.2 Å². The first kappa shape index (κ1) is 13.1. The van der Waals surface area contributed by atoms with E-state index in [-0.39, 0.29) is 5.78 Å². The molecule has 2 heteroatoms. The van der Waals surface area contributed by atoms with Crippen molar-refractivity contribution >= 4 is 5.78 Å². The summed E-state index contributed by atoms with van der Waals surface area (Å²) < 4.78 is 6.08. The molecular weight excluding hydrogens is 224 g/mol. The summed E-state index contributed by atoms with van der Waals surface area (Å²) in [7, 11) is 0. The van der Waals surface area contributed by atoms with Crippen LogP contribution in [0.3, 0.4) is 0 Å². The Kier molecular flexibility index (Phi) is 3.00. The van der Waals surface area contributed by atoms with Crippen molar-refractivity contribution in [2.75, 3.05) is 0 Å². The van der Waals surface area contributed by atoms with Crippen LogP contribution in [0.2, 0.25) is 0 Å². The van der Waals surface area contributed by atoms with E-state index in [0.29, 0.717) is 0 Å². The second-order valence-corrected chi connectivity index (χ2v) is 5.70. The molecule has 0 aromatic heterocycles. The van der Waals surface area contributed by atoms with E-state index in [1.54, 1.807) is 6.92 Å². The van der Waals surface area contributed by atoms with Gasteiger partial charge in [-0.2, -0.15) is 0 Å². The molecule has 98 valence electrons. The van der Waals surface area contributed by atoms with Gasteiger partial charge in [0.2, 0.25) is 0 Å². The highest BCUT2D eigenvalue weighted by molar-refractivity contribution is 5.85. The van der Waals surface area contributed by atoms with Gasteiger partial charge in [0.1, 0.15) is 5.75 Å². The Morgan fingerprint density at radius 3 is 2.17 bits per heavy atom. The molecule has 1 aliphatic rings. The smallest absolute Gasteiger partial charge is 0.172 e. The van der Waals surface area contributed by atoms with Crippen molar-refractivity contribution in [1.29, 1.82) is 0 Å². The Bertz CT molecular complexity index is 529. The Morgan fingerprint density at radius 1 is 1.06 bits per heavy atom. The third kappa shape index (κ3) is 1.75. The first-order valence-corrected chi connectivity index (χ1v) is 6.57. The van der Waals surface area contributed by atoms with Gasteiger partial charge < -0.3 is 4.74 Å². The molecule has 1 aromatic rings. The number of Topliss-reactive ketones (excluding diaryl/α,β-unsaturated/α-hetero) is 1. The highest BCUT2D eigenvalue weighted by Gasteiger charge is 2.37. The van der Waals surface area contributed by atoms with Crippen LogP contribution in [0.25, 0.3) is 0 Å². The van der Waals surface area contributed by atoms with E-state index in [1.165, 1.54) is 27.8 Å². The molecule has 1 unspecified atom stereocenters. The lowest BCUT2D eigenvalue weighted by molar-refractivity contribution is -0.132. The zero-order valence-corrected chi connectivity index (χ0v) is 12.2. The summed E-state index contributed by atoms with van der Waals surface area (Å²) in [6.07, 6.45) is 1.71. The average molecular weight is 246 g/mol. The minimum absolute atomic E-state index is 0.114. The Balaban J connectivity index is 2.61. The molecule has 0 amide bonds. The van der Waals surface area contributed by atoms with E-state index in [9.17, 15) is 4.79 Å². The number of ketones is 1. The van der Waals surface area contributed by atoms with E-state index < -0.39 is 5.60 Å². The number of carbonyl (C=O) groups excluding carboxylic acids is 1. The maximum atomic E-state index is 11.8. The molecule has 1 aliphatic heterocycles. The van der Waals surface area contributed by atoms with E-state index in [1.807, 2.05) is 6.92 Å². The van der Waals surface area contributed by atoms with Gasteiger partial charge in [0.15, 0.2) is 11.4 Å². The minimum atomic E-state index is -0.647. The molecule has 0 radical (unpaired) electrons. The molecule has 0 bridgehead atoms. The largest absolute Gasteiger partial charge is 0.479 e. The van der Waals surface area contributed by atoms with Crippen LogP contribution in [0.4, 0.5) is 0 Å². The minimum Gasteiger partial charge on any atom is -0.479 e. The molecule has 0 saturated heterocycles. The van der Waals surface area contributed by atoms with E-state index in [4.69, 9.17) is 4.74 Å². The fraction of sp³-hybridized carbons (Fsp3) is 0.562. The highest BCUT2D eigenvalue weighted by atomic mass is 16.5. The van der Waals surface area contributed by atoms with Crippen molar-refractivity contribution in [2.45, 2.75) is 60.0 Å². The lowest BCUT2D eigenvalue weighted by atomic mass is 9.84. The monoisotopic (exact) mass is 246 g/mol. The fourth-order valence-electron chi connectivity index (χ4n) is 2.68. The summed E-state index contributed by atoms with van der Waals surface area (Å²) in [5.41, 5.74) is 5.76. The second-order valence-electron chi connectivity index (χ2n) is 5.70. The average Bonchev–Trinajstić information content (AvgIpc) is 2.33. The van der Waals surface area contributed by atoms with Crippen molar-refractivity contribution in [3.05, 3.63) is 27.8 Å². The molecule has 2 nitrogen and oxygen atoms in total. The Hall–Kier alpha value is -1.31. The third-order valence-corrected chi connectivity index (χ3v) is 4.68. The van der Waals surface area contributed by atoms with Crippen molar-refractivity contribution in [3.63, 3.8) is 0 Å². The number of hydrogen-bond acceptors (Lipinski definition) is 2. The van der Waals surface area contributed by atoms with Gasteiger partial charge in [-0.15, -0.1) is 0 Å². The van der Waals surface area contributed by atoms with Crippen molar-refractivity contribution < 1.29 is 9.53 Å². The topological polar surface area (TPSA) is 26.3 Å². The number of fused-ring (bicyclic) bond motifs is 1. The number of rotatable bonds is 1. The van der Waals surface area contributed by atoms with Gasteiger partial charge in [0.05, 0.1) is 0 Å². The molecule has 2 rings (SSSR count). The van der Waals surface area contributed by atoms with Crippen LogP contribution in [0.15, 0.2) is 0 Å². The van der Waals surface area contributed by atoms with Crippen molar-refractivity contribution in [3.8, 4) is 5.75 Å². The number of hydrogen-bond donors (Lipinski definition) is 0. The maximum absolute atomic E-state index is 11.8. The van der Waals surface area contributed by atoms with E-state index >= 15 is 0 Å². The molecule has 1 atom stereocenters. The van der Waals surface area contributed by atoms with Gasteiger partial charge >= 0.3 is 0 Å². The van der Waals surface area contributed by atoms with Gasteiger partial charge in [0.25, 0.3) is 0 Å². The van der Waals surface area contributed by atoms with Crippen molar-refractivity contribution in [1.82, 2.24) is 0 Å². The summed E-state index contributed by atoms with van der Waals surface area (Å²) in [5, 5.41) is 0. The predicted octanol–water partition coefficient (Wildman–Crippen LogP) is 3.59. The Labute approximate surface area is 109 Å². The van der Waals surface area contributed by atoms with Crippen LogP contribution >= 0.6 is 0 Å². The third-order valence-electron chi connectivity index (χ3n) is 4.68. The zero-order valence-electron chi connectivity index (χ0n) is 12.2. The first-order chi connectivity index (χ1) is 8.28. The molecule has 1 heterocycles. The molecule has 0 saturated carbocycles.